The lowest BCUT2D eigenvalue weighted by Crippen LogP contribution is -2.51. The summed E-state index contributed by atoms with van der Waals surface area (Å²) in [6, 6.07) is 4.00. The fraction of sp³-hybridized carbons (Fsp3) is 0.571. The summed E-state index contributed by atoms with van der Waals surface area (Å²) in [5.41, 5.74) is -0.294. The van der Waals surface area contributed by atoms with Gasteiger partial charge < -0.3 is 9.80 Å². The molecule has 0 radical (unpaired) electrons. The number of rotatable bonds is 1. The van der Waals surface area contributed by atoms with E-state index in [9.17, 15) is 4.79 Å². The number of aromatic nitrogens is 1. The molecule has 2 rings (SSSR count). The molecule has 1 aromatic rings. The van der Waals surface area contributed by atoms with Crippen LogP contribution < -0.4 is 4.90 Å². The van der Waals surface area contributed by atoms with E-state index in [-0.39, 0.29) is 11.3 Å². The summed E-state index contributed by atoms with van der Waals surface area (Å²) in [5.74, 6) is 1.21. The Kier molecular flexibility index (Phi) is 4.13. The summed E-state index contributed by atoms with van der Waals surface area (Å²) in [5, 5.41) is 0. The average molecular weight is 326 g/mol. The van der Waals surface area contributed by atoms with Gasteiger partial charge >= 0.3 is 0 Å². The maximum absolute atomic E-state index is 12.2. The second kappa shape index (κ2) is 5.49. The summed E-state index contributed by atoms with van der Waals surface area (Å²) in [4.78, 5) is 20.8. The molecule has 1 aliphatic heterocycles. The SMILES string of the molecule is CC(C)(C)C(=O)N1CCN(c2ccc(Br)cn2)CC1. The molecule has 19 heavy (non-hydrogen) atoms. The number of anilines is 1. The largest absolute Gasteiger partial charge is 0.353 e. The molecule has 0 spiro atoms. The van der Waals surface area contributed by atoms with Crippen LogP contribution in [-0.4, -0.2) is 42.0 Å². The number of piperazine rings is 1. The average Bonchev–Trinajstić information content (AvgIpc) is 2.38. The van der Waals surface area contributed by atoms with Gasteiger partial charge in [-0.25, -0.2) is 4.98 Å². The Morgan fingerprint density at radius 1 is 1.21 bits per heavy atom. The highest BCUT2D eigenvalue weighted by Gasteiger charge is 2.29. The van der Waals surface area contributed by atoms with Crippen molar-refractivity contribution in [3.63, 3.8) is 0 Å². The van der Waals surface area contributed by atoms with E-state index in [2.05, 4.69) is 25.8 Å². The maximum atomic E-state index is 12.2. The molecule has 0 atom stereocenters. The van der Waals surface area contributed by atoms with Gasteiger partial charge in [0.05, 0.1) is 0 Å². The molecule has 1 saturated heterocycles. The van der Waals surface area contributed by atoms with Gasteiger partial charge in [-0.1, -0.05) is 20.8 Å². The van der Waals surface area contributed by atoms with Gasteiger partial charge in [-0.3, -0.25) is 4.79 Å². The third-order valence-electron chi connectivity index (χ3n) is 3.24. The minimum atomic E-state index is -0.294. The molecule has 4 nitrogen and oxygen atoms in total. The molecule has 1 fully saturated rings. The van der Waals surface area contributed by atoms with Crippen molar-refractivity contribution in [3.8, 4) is 0 Å². The van der Waals surface area contributed by atoms with Crippen LogP contribution in [0.1, 0.15) is 20.8 Å². The molecule has 0 aromatic carbocycles. The lowest BCUT2D eigenvalue weighted by Gasteiger charge is -2.38. The van der Waals surface area contributed by atoms with Crippen LogP contribution in [0.25, 0.3) is 0 Å². The molecule has 0 saturated carbocycles. The highest BCUT2D eigenvalue weighted by Crippen LogP contribution is 2.21. The van der Waals surface area contributed by atoms with Gasteiger partial charge in [0.1, 0.15) is 5.82 Å². The molecule has 104 valence electrons. The van der Waals surface area contributed by atoms with Crippen LogP contribution in [0, 0.1) is 5.41 Å². The molecular formula is C14H20BrN3O. The van der Waals surface area contributed by atoms with E-state index in [0.717, 1.165) is 36.5 Å². The Bertz CT molecular complexity index is 445. The van der Waals surface area contributed by atoms with E-state index in [1.165, 1.54) is 0 Å². The molecule has 2 heterocycles. The molecule has 1 aromatic heterocycles. The van der Waals surface area contributed by atoms with Crippen molar-refractivity contribution in [1.29, 1.82) is 0 Å². The van der Waals surface area contributed by atoms with Crippen molar-refractivity contribution in [1.82, 2.24) is 9.88 Å². The highest BCUT2D eigenvalue weighted by molar-refractivity contribution is 9.10. The molecule has 0 bridgehead atoms. The van der Waals surface area contributed by atoms with Gasteiger partial charge in [0.15, 0.2) is 0 Å². The van der Waals surface area contributed by atoms with Gasteiger partial charge in [0.25, 0.3) is 0 Å². The number of carbonyl (C=O) groups is 1. The molecular weight excluding hydrogens is 306 g/mol. The van der Waals surface area contributed by atoms with Gasteiger partial charge in [-0.15, -0.1) is 0 Å². The number of pyridine rings is 1. The minimum absolute atomic E-state index is 0.232. The zero-order valence-electron chi connectivity index (χ0n) is 11.7. The smallest absolute Gasteiger partial charge is 0.228 e. The lowest BCUT2D eigenvalue weighted by molar-refractivity contribution is -0.139. The Morgan fingerprint density at radius 3 is 2.32 bits per heavy atom. The molecule has 5 heteroatoms. The van der Waals surface area contributed by atoms with Gasteiger partial charge in [-0.05, 0) is 28.1 Å². The number of carbonyl (C=O) groups excluding carboxylic acids is 1. The number of nitrogens with zero attached hydrogens (tertiary/aromatic N) is 3. The summed E-state index contributed by atoms with van der Waals surface area (Å²) in [6.45, 7) is 9.14. The third kappa shape index (κ3) is 3.47. The van der Waals surface area contributed by atoms with Crippen LogP contribution in [0.4, 0.5) is 5.82 Å². The van der Waals surface area contributed by atoms with E-state index in [0.29, 0.717) is 0 Å². The topological polar surface area (TPSA) is 36.4 Å². The molecule has 0 unspecified atom stereocenters. The highest BCUT2D eigenvalue weighted by atomic mass is 79.9. The minimum Gasteiger partial charge on any atom is -0.353 e. The maximum Gasteiger partial charge on any atom is 0.228 e. The first kappa shape index (κ1) is 14.3. The number of hydrogen-bond donors (Lipinski definition) is 0. The van der Waals surface area contributed by atoms with E-state index in [1.54, 1.807) is 0 Å². The second-order valence-corrected chi connectivity index (χ2v) is 6.78. The normalized spacial score (nSPS) is 16.6. The summed E-state index contributed by atoms with van der Waals surface area (Å²) in [7, 11) is 0. The number of amides is 1. The van der Waals surface area contributed by atoms with Crippen LogP contribution in [-0.2, 0) is 4.79 Å². The Balaban J connectivity index is 1.96. The summed E-state index contributed by atoms with van der Waals surface area (Å²) < 4.78 is 0.984. The zero-order chi connectivity index (χ0) is 14.0. The summed E-state index contributed by atoms with van der Waals surface area (Å²) in [6.07, 6.45) is 1.81. The van der Waals surface area contributed by atoms with Crippen molar-refractivity contribution < 1.29 is 4.79 Å². The first-order chi connectivity index (χ1) is 8.88. The summed E-state index contributed by atoms with van der Waals surface area (Å²) >= 11 is 3.39. The fourth-order valence-electron chi connectivity index (χ4n) is 2.17. The Labute approximate surface area is 122 Å². The van der Waals surface area contributed by atoms with Gasteiger partial charge in [0, 0.05) is 42.3 Å². The van der Waals surface area contributed by atoms with Crippen molar-refractivity contribution in [2.75, 3.05) is 31.1 Å². The van der Waals surface area contributed by atoms with Crippen molar-refractivity contribution in [2.45, 2.75) is 20.8 Å². The zero-order valence-corrected chi connectivity index (χ0v) is 13.3. The first-order valence-electron chi connectivity index (χ1n) is 6.54. The van der Waals surface area contributed by atoms with Crippen molar-refractivity contribution >= 4 is 27.7 Å². The lowest BCUT2D eigenvalue weighted by atomic mass is 9.94. The third-order valence-corrected chi connectivity index (χ3v) is 3.71. The van der Waals surface area contributed by atoms with E-state index >= 15 is 0 Å². The predicted molar refractivity (Wildman–Crippen MR) is 80.2 cm³/mol. The Morgan fingerprint density at radius 2 is 1.84 bits per heavy atom. The fourth-order valence-corrected chi connectivity index (χ4v) is 2.40. The van der Waals surface area contributed by atoms with E-state index in [1.807, 2.05) is 44.0 Å². The number of hydrogen-bond acceptors (Lipinski definition) is 3. The number of halogens is 1. The van der Waals surface area contributed by atoms with Gasteiger partial charge in [0.2, 0.25) is 5.91 Å². The van der Waals surface area contributed by atoms with Crippen LogP contribution >= 0.6 is 15.9 Å². The standard InChI is InChI=1S/C14H20BrN3O/c1-14(2,3)13(19)18-8-6-17(7-9-18)12-5-4-11(15)10-16-12/h4-5,10H,6-9H2,1-3H3. The molecule has 0 N–H and O–H groups in total. The predicted octanol–water partition coefficient (Wildman–Crippen LogP) is 2.54. The van der Waals surface area contributed by atoms with E-state index in [4.69, 9.17) is 0 Å². The molecule has 0 aliphatic carbocycles. The van der Waals surface area contributed by atoms with E-state index < -0.39 is 0 Å². The first-order valence-corrected chi connectivity index (χ1v) is 7.33. The quantitative estimate of drug-likeness (QED) is 0.796. The van der Waals surface area contributed by atoms with Crippen LogP contribution in [0.15, 0.2) is 22.8 Å². The molecule has 1 amide bonds. The van der Waals surface area contributed by atoms with Crippen LogP contribution in [0.3, 0.4) is 0 Å². The van der Waals surface area contributed by atoms with Crippen LogP contribution in [0.2, 0.25) is 0 Å². The monoisotopic (exact) mass is 325 g/mol. The Hall–Kier alpha value is -1.10. The second-order valence-electron chi connectivity index (χ2n) is 5.86. The van der Waals surface area contributed by atoms with Crippen LogP contribution in [0.5, 0.6) is 0 Å². The van der Waals surface area contributed by atoms with Crippen molar-refractivity contribution in [3.05, 3.63) is 22.8 Å². The van der Waals surface area contributed by atoms with Gasteiger partial charge in [-0.2, -0.15) is 0 Å². The van der Waals surface area contributed by atoms with Crippen molar-refractivity contribution in [2.24, 2.45) is 5.41 Å². The molecule has 1 aliphatic rings.